The second-order valence-corrected chi connectivity index (χ2v) is 2.52. The quantitative estimate of drug-likeness (QED) is 0.316. The van der Waals surface area contributed by atoms with E-state index in [1.165, 1.54) is 6.20 Å². The van der Waals surface area contributed by atoms with Crippen LogP contribution in [0.3, 0.4) is 0 Å². The molecule has 3 nitrogen and oxygen atoms in total. The molecule has 0 aromatic rings. The predicted octanol–water partition coefficient (Wildman–Crippen LogP) is 1.17. The van der Waals surface area contributed by atoms with E-state index in [-0.39, 0.29) is 11.8 Å². The second-order valence-electron chi connectivity index (χ2n) is 2.28. The maximum absolute atomic E-state index is 13.1. The molecule has 0 radical (unpaired) electrons. The summed E-state index contributed by atoms with van der Waals surface area (Å²) in [5.74, 6) is -0.192. The highest BCUT2D eigenvalue weighted by atomic mass is 35.5. The molecule has 0 rings (SSSR count). The Morgan fingerprint density at radius 3 is 2.58 bits per heavy atom. The van der Waals surface area contributed by atoms with Gasteiger partial charge in [0.15, 0.2) is 11.7 Å². The Balaban J connectivity index is 4.52. The van der Waals surface area contributed by atoms with Crippen molar-refractivity contribution in [2.75, 3.05) is 27.1 Å². The molecule has 0 aromatic heterocycles. The zero-order valence-electron chi connectivity index (χ0n) is 7.43. The third kappa shape index (κ3) is 3.57. The van der Waals surface area contributed by atoms with Crippen LogP contribution in [0, 0.1) is 0 Å². The Morgan fingerprint density at radius 1 is 1.67 bits per heavy atom. The predicted molar refractivity (Wildman–Crippen MR) is 50.1 cm³/mol. The minimum Gasteiger partial charge on any atom is -0.392 e. The van der Waals surface area contributed by atoms with Crippen molar-refractivity contribution < 1.29 is 4.39 Å². The third-order valence-electron chi connectivity index (χ3n) is 1.12. The number of halogens is 2. The van der Waals surface area contributed by atoms with Gasteiger partial charge in [-0.25, -0.2) is 9.38 Å². The summed E-state index contributed by atoms with van der Waals surface area (Å²) in [5.41, 5.74) is 0. The number of nitrogens with zero attached hydrogens (tertiary/aromatic N) is 2. The first kappa shape index (κ1) is 11.2. The largest absolute Gasteiger partial charge is 0.392 e. The molecule has 0 saturated heterocycles. The molecule has 0 amide bonds. The maximum Gasteiger partial charge on any atom is 0.180 e. The summed E-state index contributed by atoms with van der Waals surface area (Å²) < 4.78 is 13.1. The Hall–Kier alpha value is -0.770. The van der Waals surface area contributed by atoms with Gasteiger partial charge in [-0.15, -0.1) is 11.6 Å². The number of amidine groups is 1. The van der Waals surface area contributed by atoms with Gasteiger partial charge in [-0.3, -0.25) is 0 Å². The number of alkyl halides is 1. The highest BCUT2D eigenvalue weighted by Crippen LogP contribution is 2.02. The van der Waals surface area contributed by atoms with E-state index < -0.39 is 5.83 Å². The fraction of sp³-hybridized carbons (Fsp3) is 0.571. The van der Waals surface area contributed by atoms with Crippen LogP contribution in [-0.2, 0) is 0 Å². The molecule has 0 saturated carbocycles. The number of hydrogen-bond donors (Lipinski definition) is 1. The first-order chi connectivity index (χ1) is 5.63. The van der Waals surface area contributed by atoms with Gasteiger partial charge in [-0.1, -0.05) is 0 Å². The molecule has 0 aromatic carbocycles. The van der Waals surface area contributed by atoms with Crippen molar-refractivity contribution in [3.05, 3.63) is 12.0 Å². The van der Waals surface area contributed by atoms with Crippen LogP contribution in [0.25, 0.3) is 0 Å². The van der Waals surface area contributed by atoms with E-state index in [1.54, 1.807) is 26.0 Å². The summed E-state index contributed by atoms with van der Waals surface area (Å²) in [5, 5.41) is 2.57. The lowest BCUT2D eigenvalue weighted by Crippen LogP contribution is -2.23. The Bertz CT molecular complexity index is 189. The molecule has 0 atom stereocenters. The van der Waals surface area contributed by atoms with Gasteiger partial charge in [0.1, 0.15) is 6.00 Å². The number of hydrogen-bond acceptors (Lipinski definition) is 2. The highest BCUT2D eigenvalue weighted by molar-refractivity contribution is 6.18. The van der Waals surface area contributed by atoms with E-state index in [0.29, 0.717) is 0 Å². The van der Waals surface area contributed by atoms with Gasteiger partial charge in [-0.05, 0) is 0 Å². The molecular weight excluding hydrogens is 181 g/mol. The van der Waals surface area contributed by atoms with Crippen LogP contribution in [0.4, 0.5) is 4.39 Å². The number of likely N-dealkylation sites (N-methyl/N-ethyl adjacent to an activating group) is 1. The number of nitrogens with one attached hydrogen (secondary N) is 1. The molecule has 0 fully saturated rings. The lowest BCUT2D eigenvalue weighted by Gasteiger charge is -2.13. The fourth-order valence-electron chi connectivity index (χ4n) is 0.678. The second kappa shape index (κ2) is 5.83. The van der Waals surface area contributed by atoms with E-state index >= 15 is 0 Å². The molecule has 0 unspecified atom stereocenters. The van der Waals surface area contributed by atoms with Gasteiger partial charge in [0.25, 0.3) is 0 Å². The van der Waals surface area contributed by atoms with Gasteiger partial charge >= 0.3 is 0 Å². The summed E-state index contributed by atoms with van der Waals surface area (Å²) in [6.45, 7) is 0. The minimum absolute atomic E-state index is 0.0541. The van der Waals surface area contributed by atoms with E-state index in [2.05, 4.69) is 10.3 Å². The molecule has 0 aliphatic carbocycles. The molecule has 0 heterocycles. The third-order valence-corrected chi connectivity index (χ3v) is 1.24. The van der Waals surface area contributed by atoms with Gasteiger partial charge in [0.05, 0.1) is 0 Å². The van der Waals surface area contributed by atoms with Crippen LogP contribution in [-0.4, -0.2) is 37.9 Å². The molecule has 0 aliphatic heterocycles. The molecule has 0 spiro atoms. The van der Waals surface area contributed by atoms with Crippen LogP contribution < -0.4 is 5.32 Å². The topological polar surface area (TPSA) is 27.6 Å². The molecule has 0 aliphatic rings. The van der Waals surface area contributed by atoms with Crippen LogP contribution >= 0.6 is 11.6 Å². The number of aliphatic imine (C=N–C) groups is 1. The molecule has 70 valence electrons. The van der Waals surface area contributed by atoms with Gasteiger partial charge in [-0.2, -0.15) is 0 Å². The standard InChI is InChI=1S/C7H13ClFN3/c1-10-4-6(9)7(11-5-8)12(2)3/h4,10H,5H2,1-3H3/b6-4+,11-7+. The normalized spacial score (nSPS) is 13.1. The molecular formula is C7H13ClFN3. The van der Waals surface area contributed by atoms with E-state index in [4.69, 9.17) is 11.6 Å². The summed E-state index contributed by atoms with van der Waals surface area (Å²) in [6.07, 6.45) is 1.23. The van der Waals surface area contributed by atoms with Crippen molar-refractivity contribution in [3.8, 4) is 0 Å². The summed E-state index contributed by atoms with van der Waals surface area (Å²) >= 11 is 5.36. The van der Waals surface area contributed by atoms with Crippen molar-refractivity contribution in [2.45, 2.75) is 0 Å². The van der Waals surface area contributed by atoms with Crippen molar-refractivity contribution in [1.82, 2.24) is 10.2 Å². The first-order valence-corrected chi connectivity index (χ1v) is 3.98. The maximum atomic E-state index is 13.1. The van der Waals surface area contributed by atoms with Crippen LogP contribution in [0.2, 0.25) is 0 Å². The monoisotopic (exact) mass is 193 g/mol. The van der Waals surface area contributed by atoms with Crippen molar-refractivity contribution in [1.29, 1.82) is 0 Å². The van der Waals surface area contributed by atoms with E-state index in [1.807, 2.05) is 0 Å². The van der Waals surface area contributed by atoms with E-state index in [0.717, 1.165) is 0 Å². The van der Waals surface area contributed by atoms with Gasteiger partial charge in [0.2, 0.25) is 0 Å². The Labute approximate surface area is 76.9 Å². The zero-order valence-corrected chi connectivity index (χ0v) is 8.19. The summed E-state index contributed by atoms with van der Waals surface area (Å²) in [4.78, 5) is 5.33. The average molecular weight is 194 g/mol. The average Bonchev–Trinajstić information content (AvgIpc) is 1.99. The molecule has 5 heteroatoms. The number of rotatable bonds is 3. The van der Waals surface area contributed by atoms with Crippen molar-refractivity contribution >= 4 is 17.4 Å². The Kier molecular flexibility index (Phi) is 5.45. The van der Waals surface area contributed by atoms with Crippen molar-refractivity contribution in [3.63, 3.8) is 0 Å². The molecule has 0 bridgehead atoms. The molecule has 1 N–H and O–H groups in total. The zero-order chi connectivity index (χ0) is 9.56. The van der Waals surface area contributed by atoms with Crippen LogP contribution in [0.15, 0.2) is 17.0 Å². The highest BCUT2D eigenvalue weighted by Gasteiger charge is 2.07. The summed E-state index contributed by atoms with van der Waals surface area (Å²) in [6, 6.07) is 0.0541. The lowest BCUT2D eigenvalue weighted by molar-refractivity contribution is 0.573. The fourth-order valence-corrected chi connectivity index (χ4v) is 0.792. The van der Waals surface area contributed by atoms with Crippen LogP contribution in [0.1, 0.15) is 0 Å². The molecule has 12 heavy (non-hydrogen) atoms. The SMILES string of the molecule is CN/C=C(F)\C(=N/CCl)N(C)C. The van der Waals surface area contributed by atoms with Gasteiger partial charge in [0, 0.05) is 27.3 Å². The smallest absolute Gasteiger partial charge is 0.180 e. The van der Waals surface area contributed by atoms with Crippen LogP contribution in [0.5, 0.6) is 0 Å². The van der Waals surface area contributed by atoms with Gasteiger partial charge < -0.3 is 10.2 Å². The van der Waals surface area contributed by atoms with E-state index in [9.17, 15) is 4.39 Å². The van der Waals surface area contributed by atoms with Crippen molar-refractivity contribution in [2.24, 2.45) is 4.99 Å². The first-order valence-electron chi connectivity index (χ1n) is 3.44. The minimum atomic E-state index is -0.428. The Morgan fingerprint density at radius 2 is 2.25 bits per heavy atom. The lowest BCUT2D eigenvalue weighted by atomic mass is 10.4. The summed E-state index contributed by atoms with van der Waals surface area (Å²) in [7, 11) is 5.02.